The normalized spacial score (nSPS) is 12.0. The minimum Gasteiger partial charge on any atom is -0.457 e. The van der Waals surface area contributed by atoms with Crippen LogP contribution in [0.1, 0.15) is 31.9 Å². The molecule has 0 saturated heterocycles. The summed E-state index contributed by atoms with van der Waals surface area (Å²) in [5, 5.41) is 0. The van der Waals surface area contributed by atoms with Gasteiger partial charge in [0, 0.05) is 63.0 Å². The fraction of sp³-hybridized carbons (Fsp3) is 0.0649. The van der Waals surface area contributed by atoms with Crippen LogP contribution >= 0.6 is 0 Å². The van der Waals surface area contributed by atoms with E-state index < -0.39 is 0 Å². The Morgan fingerprint density at radius 1 is 0.386 bits per heavy atom. The molecule has 11 aromatic carbocycles. The summed E-state index contributed by atoms with van der Waals surface area (Å²) in [4.78, 5) is 10.2. The van der Waals surface area contributed by atoms with Crippen LogP contribution in [0.5, 0.6) is 11.5 Å². The lowest BCUT2D eigenvalue weighted by molar-refractivity contribution is -0.566. The van der Waals surface area contributed by atoms with Crippen molar-refractivity contribution in [3.8, 4) is 78.5 Å². The number of aryl methyl sites for hydroxylation is 1. The maximum absolute atomic E-state index is 7.17. The maximum Gasteiger partial charge on any atom is 0.255 e. The number of para-hydroxylation sites is 6. The molecular formula is C77H60N5O+. The van der Waals surface area contributed by atoms with Crippen molar-refractivity contribution in [2.24, 2.45) is 0 Å². The molecule has 398 valence electrons. The van der Waals surface area contributed by atoms with Crippen LogP contribution in [0, 0.1) is 6.92 Å². The van der Waals surface area contributed by atoms with Crippen LogP contribution in [0.4, 0.5) is 34.3 Å². The van der Waals surface area contributed by atoms with E-state index in [9.17, 15) is 0 Å². The van der Waals surface area contributed by atoms with Crippen molar-refractivity contribution in [3.63, 3.8) is 0 Å². The van der Waals surface area contributed by atoms with E-state index in [0.29, 0.717) is 11.5 Å². The van der Waals surface area contributed by atoms with E-state index in [2.05, 4.69) is 326 Å². The molecule has 0 bridgehead atoms. The van der Waals surface area contributed by atoms with Crippen LogP contribution in [0.3, 0.4) is 0 Å². The van der Waals surface area contributed by atoms with Crippen molar-refractivity contribution >= 4 is 45.3 Å². The molecule has 0 spiro atoms. The predicted octanol–water partition coefficient (Wildman–Crippen LogP) is 20.3. The molecule has 0 N–H and O–H groups in total. The third-order valence-corrected chi connectivity index (χ3v) is 16.0. The number of fused-ring (bicyclic) bond motifs is 7. The summed E-state index contributed by atoms with van der Waals surface area (Å²) < 4.78 is 11.8. The first-order valence-corrected chi connectivity index (χ1v) is 28.4. The standard InChI is InChI=1S/C77H60N5O/c1-53-47-75(78-51-68(53)56-29-12-7-13-30-56)82-71-42-19-16-36-65(71)64-35-14-17-40-69(64)81(59-33-22-31-57(48-59)77(2,3)4)70-41-18-15-37-66(70)67-46-45-61(50-74(67)82)83-60-34-23-32-58(49-60)79-52-80(73-44-21-20-43-72(73)79)76-62(54-25-8-5-9-26-54)38-24-39-63(76)55-27-10-6-11-28-55/h5-52H,1-4H3/q+1. The Kier molecular flexibility index (Phi) is 12.9. The second-order valence-electron chi connectivity index (χ2n) is 22.3. The second kappa shape index (κ2) is 21.2. The molecule has 2 aromatic heterocycles. The first-order chi connectivity index (χ1) is 40.7. The molecule has 0 amide bonds. The minimum absolute atomic E-state index is 0.0676. The number of ether oxygens (including phenoxy) is 1. The number of hydrogen-bond acceptors (Lipinski definition) is 4. The van der Waals surface area contributed by atoms with Gasteiger partial charge in [-0.1, -0.05) is 215 Å². The smallest absolute Gasteiger partial charge is 0.255 e. The van der Waals surface area contributed by atoms with Gasteiger partial charge < -0.3 is 9.64 Å². The summed E-state index contributed by atoms with van der Waals surface area (Å²) in [6.45, 7) is 9.02. The Hall–Kier alpha value is -10.6. The Labute approximate surface area is 485 Å². The quantitative estimate of drug-likeness (QED) is 0.135. The molecule has 0 saturated carbocycles. The SMILES string of the molecule is Cc1cc(N2c3ccccc3-c3ccccc3N(c3cccc(C(C)(C)C)c3)c3ccccc3-c3ccc(Oc4cccc(-n5c[n+](-c6c(-c7ccccc7)cccc6-c6ccccc6)c6ccccc65)c4)cc32)ncc1-c1ccccc1. The van der Waals surface area contributed by atoms with E-state index in [-0.39, 0.29) is 5.41 Å². The van der Waals surface area contributed by atoms with E-state index in [1.54, 1.807) is 0 Å². The van der Waals surface area contributed by atoms with E-state index in [4.69, 9.17) is 9.72 Å². The molecule has 0 aliphatic carbocycles. The summed E-state index contributed by atoms with van der Waals surface area (Å²) >= 11 is 0. The van der Waals surface area contributed by atoms with Gasteiger partial charge in [-0.15, -0.1) is 0 Å². The average Bonchev–Trinajstić information content (AvgIpc) is 4.10. The topological polar surface area (TPSA) is 37.4 Å². The molecule has 0 unspecified atom stereocenters. The molecule has 0 atom stereocenters. The van der Waals surface area contributed by atoms with E-state index in [0.717, 1.165) is 118 Å². The highest BCUT2D eigenvalue weighted by Gasteiger charge is 2.31. The van der Waals surface area contributed by atoms with Crippen LogP contribution in [0.2, 0.25) is 0 Å². The third kappa shape index (κ3) is 9.40. The zero-order valence-electron chi connectivity index (χ0n) is 46.9. The van der Waals surface area contributed by atoms with E-state index in [1.807, 2.05) is 12.3 Å². The molecule has 0 fully saturated rings. The highest BCUT2D eigenvalue weighted by atomic mass is 16.5. The molecule has 83 heavy (non-hydrogen) atoms. The number of anilines is 6. The Morgan fingerprint density at radius 2 is 0.880 bits per heavy atom. The highest BCUT2D eigenvalue weighted by molar-refractivity contribution is 6.03. The van der Waals surface area contributed by atoms with Crippen molar-refractivity contribution in [1.82, 2.24) is 9.55 Å². The zero-order valence-corrected chi connectivity index (χ0v) is 46.9. The van der Waals surface area contributed by atoms with Crippen molar-refractivity contribution < 1.29 is 9.30 Å². The maximum atomic E-state index is 7.17. The van der Waals surface area contributed by atoms with Gasteiger partial charge in [-0.2, -0.15) is 9.13 Å². The molecule has 3 heterocycles. The number of hydrogen-bond donors (Lipinski definition) is 0. The largest absolute Gasteiger partial charge is 0.457 e. The second-order valence-corrected chi connectivity index (χ2v) is 22.3. The Morgan fingerprint density at radius 3 is 1.49 bits per heavy atom. The van der Waals surface area contributed by atoms with Gasteiger partial charge >= 0.3 is 0 Å². The minimum atomic E-state index is -0.0676. The zero-order chi connectivity index (χ0) is 56.0. The Balaban J connectivity index is 0.950. The monoisotopic (exact) mass is 1070 g/mol. The van der Waals surface area contributed by atoms with Crippen molar-refractivity contribution in [3.05, 3.63) is 303 Å². The fourth-order valence-electron chi connectivity index (χ4n) is 12.0. The molecule has 1 aliphatic heterocycles. The molecule has 1 aliphatic rings. The van der Waals surface area contributed by atoms with Crippen LogP contribution in [-0.2, 0) is 5.41 Å². The van der Waals surface area contributed by atoms with E-state index in [1.165, 1.54) is 5.56 Å². The first kappa shape index (κ1) is 50.6. The van der Waals surface area contributed by atoms with Crippen LogP contribution in [0.15, 0.2) is 292 Å². The van der Waals surface area contributed by atoms with Gasteiger partial charge in [-0.05, 0) is 113 Å². The lowest BCUT2D eigenvalue weighted by Gasteiger charge is -2.35. The molecule has 13 aromatic rings. The lowest BCUT2D eigenvalue weighted by atomic mass is 9.86. The summed E-state index contributed by atoms with van der Waals surface area (Å²) in [5.41, 5.74) is 22.7. The predicted molar refractivity (Wildman–Crippen MR) is 343 cm³/mol. The number of nitrogens with zero attached hydrogens (tertiary/aromatic N) is 5. The third-order valence-electron chi connectivity index (χ3n) is 16.0. The van der Waals surface area contributed by atoms with Gasteiger partial charge in [-0.3, -0.25) is 4.90 Å². The number of imidazole rings is 1. The Bertz CT molecular complexity index is 4480. The van der Waals surface area contributed by atoms with Gasteiger partial charge in [0.05, 0.1) is 22.7 Å². The van der Waals surface area contributed by atoms with Gasteiger partial charge in [0.2, 0.25) is 0 Å². The molecule has 0 radical (unpaired) electrons. The fourth-order valence-corrected chi connectivity index (χ4v) is 12.0. The van der Waals surface area contributed by atoms with Crippen molar-refractivity contribution in [2.45, 2.75) is 33.1 Å². The summed E-state index contributed by atoms with van der Waals surface area (Å²) in [6, 6.07) is 99.7. The van der Waals surface area contributed by atoms with Crippen LogP contribution < -0.4 is 19.1 Å². The number of aromatic nitrogens is 3. The van der Waals surface area contributed by atoms with Gasteiger partial charge in [-0.25, -0.2) is 4.98 Å². The molecule has 6 nitrogen and oxygen atoms in total. The van der Waals surface area contributed by atoms with Crippen LogP contribution in [-0.4, -0.2) is 9.55 Å². The highest BCUT2D eigenvalue weighted by Crippen LogP contribution is 2.53. The number of pyridine rings is 1. The summed E-state index contributed by atoms with van der Waals surface area (Å²) in [5.74, 6) is 2.17. The first-order valence-electron chi connectivity index (χ1n) is 28.4. The average molecular weight is 1070 g/mol. The van der Waals surface area contributed by atoms with Crippen molar-refractivity contribution in [1.29, 1.82) is 0 Å². The molecule has 14 rings (SSSR count). The van der Waals surface area contributed by atoms with Gasteiger partial charge in [0.15, 0.2) is 11.0 Å². The van der Waals surface area contributed by atoms with E-state index >= 15 is 0 Å². The molecular weight excluding hydrogens is 1010 g/mol. The molecule has 6 heteroatoms. The lowest BCUT2D eigenvalue weighted by Crippen LogP contribution is -2.30. The van der Waals surface area contributed by atoms with Crippen LogP contribution in [0.25, 0.3) is 78.0 Å². The summed E-state index contributed by atoms with van der Waals surface area (Å²) in [7, 11) is 0. The van der Waals surface area contributed by atoms with Gasteiger partial charge in [0.1, 0.15) is 28.7 Å². The number of rotatable bonds is 9. The van der Waals surface area contributed by atoms with Crippen molar-refractivity contribution in [2.75, 3.05) is 9.80 Å². The van der Waals surface area contributed by atoms with Gasteiger partial charge in [0.25, 0.3) is 6.33 Å². The number of benzene rings is 11. The summed E-state index contributed by atoms with van der Waals surface area (Å²) in [6.07, 6.45) is 4.25.